The van der Waals surface area contributed by atoms with Gasteiger partial charge >= 0.3 is 0 Å². The molecule has 0 spiro atoms. The first kappa shape index (κ1) is 15.8. The molecule has 122 valence electrons. The first-order valence-corrected chi connectivity index (χ1v) is 9.40. The molecule has 3 fully saturated rings. The molecule has 4 unspecified atom stereocenters. The van der Waals surface area contributed by atoms with Gasteiger partial charge in [-0.25, -0.2) is 0 Å². The molecule has 2 bridgehead atoms. The van der Waals surface area contributed by atoms with Gasteiger partial charge in [-0.2, -0.15) is 0 Å². The van der Waals surface area contributed by atoms with Crippen LogP contribution in [0, 0.1) is 0 Å². The quantitative estimate of drug-likeness (QED) is 0.860. The maximum absolute atomic E-state index is 3.80. The zero-order chi connectivity index (χ0) is 14.8. The third kappa shape index (κ3) is 3.46. The van der Waals surface area contributed by atoms with Crippen LogP contribution in [-0.2, 0) is 0 Å². The Hall–Kier alpha value is -0.120. The van der Waals surface area contributed by atoms with Crippen molar-refractivity contribution in [2.24, 2.45) is 0 Å². The highest BCUT2D eigenvalue weighted by molar-refractivity contribution is 4.99. The van der Waals surface area contributed by atoms with Crippen molar-refractivity contribution in [1.29, 1.82) is 0 Å². The predicted octanol–water partition coefficient (Wildman–Crippen LogP) is 2.85. The molecule has 21 heavy (non-hydrogen) atoms. The van der Waals surface area contributed by atoms with E-state index in [2.05, 4.69) is 36.0 Å². The SMILES string of the molecule is CCCNC1CC2CCCC(C1)N2C1CCN(C)C(C)C1. The number of fused-ring (bicyclic) bond motifs is 2. The first-order chi connectivity index (χ1) is 10.2. The van der Waals surface area contributed by atoms with Gasteiger partial charge in [0, 0.05) is 30.2 Å². The average molecular weight is 293 g/mol. The molecule has 3 heterocycles. The van der Waals surface area contributed by atoms with Crippen LogP contribution in [0.3, 0.4) is 0 Å². The van der Waals surface area contributed by atoms with E-state index in [1.54, 1.807) is 0 Å². The summed E-state index contributed by atoms with van der Waals surface area (Å²) in [6.07, 6.45) is 11.2. The summed E-state index contributed by atoms with van der Waals surface area (Å²) in [7, 11) is 2.29. The Balaban J connectivity index is 1.63. The Morgan fingerprint density at radius 1 is 1.00 bits per heavy atom. The van der Waals surface area contributed by atoms with Gasteiger partial charge in [-0.05, 0) is 72.0 Å². The Morgan fingerprint density at radius 3 is 2.29 bits per heavy atom. The molecule has 3 rings (SSSR count). The van der Waals surface area contributed by atoms with E-state index >= 15 is 0 Å². The van der Waals surface area contributed by atoms with Crippen LogP contribution in [-0.4, -0.2) is 60.1 Å². The molecule has 0 aromatic rings. The second kappa shape index (κ2) is 6.97. The lowest BCUT2D eigenvalue weighted by Crippen LogP contribution is -2.61. The van der Waals surface area contributed by atoms with E-state index in [4.69, 9.17) is 0 Å². The molecule has 0 radical (unpaired) electrons. The number of piperidine rings is 3. The second-order valence-corrected chi connectivity index (χ2v) is 7.82. The van der Waals surface area contributed by atoms with E-state index in [-0.39, 0.29) is 0 Å². The van der Waals surface area contributed by atoms with E-state index in [9.17, 15) is 0 Å². The number of nitrogens with one attached hydrogen (secondary N) is 1. The summed E-state index contributed by atoms with van der Waals surface area (Å²) in [5.41, 5.74) is 0. The highest BCUT2D eigenvalue weighted by Crippen LogP contribution is 2.38. The Bertz CT molecular complexity index is 318. The zero-order valence-electron chi connectivity index (χ0n) is 14.4. The Labute approximate surface area is 131 Å². The molecule has 0 aliphatic carbocycles. The molecule has 3 aliphatic rings. The molecule has 3 heteroatoms. The fourth-order valence-electron chi connectivity index (χ4n) is 5.06. The molecule has 0 saturated carbocycles. The lowest BCUT2D eigenvalue weighted by molar-refractivity contribution is -0.0367. The average Bonchev–Trinajstić information content (AvgIpc) is 2.47. The van der Waals surface area contributed by atoms with Gasteiger partial charge in [0.15, 0.2) is 0 Å². The maximum Gasteiger partial charge on any atom is 0.0128 e. The highest BCUT2D eigenvalue weighted by atomic mass is 15.3. The fourth-order valence-corrected chi connectivity index (χ4v) is 5.06. The van der Waals surface area contributed by atoms with Gasteiger partial charge in [0.1, 0.15) is 0 Å². The molecule has 3 nitrogen and oxygen atoms in total. The molecule has 0 aromatic carbocycles. The van der Waals surface area contributed by atoms with E-state index in [0.717, 1.165) is 30.2 Å². The summed E-state index contributed by atoms with van der Waals surface area (Å²) in [6.45, 7) is 7.19. The van der Waals surface area contributed by atoms with Crippen molar-refractivity contribution in [2.75, 3.05) is 20.1 Å². The normalized spacial score (nSPS) is 42.1. The van der Waals surface area contributed by atoms with Crippen LogP contribution in [0.25, 0.3) is 0 Å². The van der Waals surface area contributed by atoms with Crippen LogP contribution in [0.4, 0.5) is 0 Å². The Morgan fingerprint density at radius 2 is 1.67 bits per heavy atom. The zero-order valence-corrected chi connectivity index (χ0v) is 14.4. The molecular weight excluding hydrogens is 258 g/mol. The lowest BCUT2D eigenvalue weighted by atomic mass is 9.79. The third-order valence-electron chi connectivity index (χ3n) is 6.32. The fraction of sp³-hybridized carbons (Fsp3) is 1.00. The van der Waals surface area contributed by atoms with E-state index in [1.165, 1.54) is 64.5 Å². The number of hydrogen-bond donors (Lipinski definition) is 1. The van der Waals surface area contributed by atoms with Crippen molar-refractivity contribution in [2.45, 2.75) is 95.4 Å². The van der Waals surface area contributed by atoms with Crippen LogP contribution < -0.4 is 5.32 Å². The smallest absolute Gasteiger partial charge is 0.0128 e. The summed E-state index contributed by atoms with van der Waals surface area (Å²) in [6, 6.07) is 4.15. The monoisotopic (exact) mass is 293 g/mol. The molecule has 0 aromatic heterocycles. The molecule has 0 amide bonds. The maximum atomic E-state index is 3.80. The summed E-state index contributed by atoms with van der Waals surface area (Å²) < 4.78 is 0. The van der Waals surface area contributed by atoms with Crippen LogP contribution >= 0.6 is 0 Å². The summed E-state index contributed by atoms with van der Waals surface area (Å²) in [5, 5.41) is 3.80. The molecule has 1 N–H and O–H groups in total. The number of likely N-dealkylation sites (tertiary alicyclic amines) is 1. The first-order valence-electron chi connectivity index (χ1n) is 9.40. The summed E-state index contributed by atoms with van der Waals surface area (Å²) in [4.78, 5) is 5.53. The van der Waals surface area contributed by atoms with Crippen molar-refractivity contribution in [3.05, 3.63) is 0 Å². The van der Waals surface area contributed by atoms with Crippen LogP contribution in [0.15, 0.2) is 0 Å². The van der Waals surface area contributed by atoms with E-state index in [1.807, 2.05) is 0 Å². The van der Waals surface area contributed by atoms with Crippen molar-refractivity contribution in [3.8, 4) is 0 Å². The summed E-state index contributed by atoms with van der Waals surface area (Å²) >= 11 is 0. The minimum Gasteiger partial charge on any atom is -0.314 e. The molecule has 3 aliphatic heterocycles. The number of nitrogens with zero attached hydrogens (tertiary/aromatic N) is 2. The van der Waals surface area contributed by atoms with Gasteiger partial charge in [-0.1, -0.05) is 13.3 Å². The largest absolute Gasteiger partial charge is 0.314 e. The third-order valence-corrected chi connectivity index (χ3v) is 6.32. The predicted molar refractivity (Wildman–Crippen MR) is 89.7 cm³/mol. The van der Waals surface area contributed by atoms with E-state index in [0.29, 0.717) is 0 Å². The van der Waals surface area contributed by atoms with Gasteiger partial charge in [-0.15, -0.1) is 0 Å². The topological polar surface area (TPSA) is 18.5 Å². The second-order valence-electron chi connectivity index (χ2n) is 7.82. The summed E-state index contributed by atoms with van der Waals surface area (Å²) in [5.74, 6) is 0. The minimum absolute atomic E-state index is 0.764. The molecule has 4 atom stereocenters. The Kier molecular flexibility index (Phi) is 5.23. The van der Waals surface area contributed by atoms with E-state index < -0.39 is 0 Å². The van der Waals surface area contributed by atoms with Gasteiger partial charge in [0.05, 0.1) is 0 Å². The van der Waals surface area contributed by atoms with Crippen LogP contribution in [0.5, 0.6) is 0 Å². The molecular formula is C18H35N3. The van der Waals surface area contributed by atoms with Gasteiger partial charge < -0.3 is 10.2 Å². The van der Waals surface area contributed by atoms with Gasteiger partial charge in [0.2, 0.25) is 0 Å². The van der Waals surface area contributed by atoms with Crippen molar-refractivity contribution >= 4 is 0 Å². The number of hydrogen-bond acceptors (Lipinski definition) is 3. The molecule has 3 saturated heterocycles. The van der Waals surface area contributed by atoms with Crippen LogP contribution in [0.2, 0.25) is 0 Å². The lowest BCUT2D eigenvalue weighted by Gasteiger charge is -2.54. The van der Waals surface area contributed by atoms with Crippen molar-refractivity contribution in [1.82, 2.24) is 15.1 Å². The van der Waals surface area contributed by atoms with Crippen molar-refractivity contribution < 1.29 is 0 Å². The standard InChI is InChI=1S/C18H35N3/c1-4-9-19-15-12-16-6-5-7-17(13-15)21(16)18-8-10-20(3)14(2)11-18/h14-19H,4-13H2,1-3H3. The van der Waals surface area contributed by atoms with Gasteiger partial charge in [0.25, 0.3) is 0 Å². The minimum atomic E-state index is 0.764. The van der Waals surface area contributed by atoms with Crippen LogP contribution in [0.1, 0.15) is 65.2 Å². The van der Waals surface area contributed by atoms with Crippen molar-refractivity contribution in [3.63, 3.8) is 0 Å². The van der Waals surface area contributed by atoms with Gasteiger partial charge in [-0.3, -0.25) is 4.90 Å². The number of rotatable bonds is 4. The highest BCUT2D eigenvalue weighted by Gasteiger charge is 2.42.